The lowest BCUT2D eigenvalue weighted by atomic mass is 10.1. The first-order valence-electron chi connectivity index (χ1n) is 5.62. The molecule has 90 valence electrons. The smallest absolute Gasteiger partial charge is 0.216 e. The summed E-state index contributed by atoms with van der Waals surface area (Å²) < 4.78 is 13.5. The van der Waals surface area contributed by atoms with E-state index < -0.39 is 5.95 Å². The average Bonchev–Trinajstić information content (AvgIpc) is 2.77. The summed E-state index contributed by atoms with van der Waals surface area (Å²) in [4.78, 5) is 15.0. The predicted molar refractivity (Wildman–Crippen MR) is 65.6 cm³/mol. The summed E-state index contributed by atoms with van der Waals surface area (Å²) in [5.41, 5.74) is 3.22. The number of nitrogens with zero attached hydrogens (tertiary/aromatic N) is 3. The van der Waals surface area contributed by atoms with Gasteiger partial charge in [0.05, 0.1) is 5.69 Å². The maximum absolute atomic E-state index is 13.5. The van der Waals surface area contributed by atoms with Crippen LogP contribution in [0.15, 0.2) is 30.9 Å². The third-order valence-corrected chi connectivity index (χ3v) is 2.96. The molecule has 18 heavy (non-hydrogen) atoms. The van der Waals surface area contributed by atoms with Gasteiger partial charge in [0.15, 0.2) is 0 Å². The van der Waals surface area contributed by atoms with Crippen molar-refractivity contribution in [1.82, 2.24) is 19.9 Å². The van der Waals surface area contributed by atoms with Crippen molar-refractivity contribution in [3.63, 3.8) is 0 Å². The minimum Gasteiger partial charge on any atom is -0.346 e. The van der Waals surface area contributed by atoms with Crippen molar-refractivity contribution in [1.29, 1.82) is 0 Å². The molecule has 0 aliphatic rings. The summed E-state index contributed by atoms with van der Waals surface area (Å²) in [5, 5.41) is 0.959. The molecule has 0 saturated heterocycles. The normalized spacial score (nSPS) is 11.0. The highest BCUT2D eigenvalue weighted by Gasteiger charge is 2.11. The van der Waals surface area contributed by atoms with E-state index in [1.165, 1.54) is 12.5 Å². The van der Waals surface area contributed by atoms with E-state index in [4.69, 9.17) is 0 Å². The molecule has 0 aliphatic heterocycles. The second-order valence-corrected chi connectivity index (χ2v) is 4.13. The molecule has 1 N–H and O–H groups in total. The number of hydrogen-bond donors (Lipinski definition) is 1. The molecule has 0 aromatic carbocycles. The Kier molecular flexibility index (Phi) is 2.51. The molecule has 5 heteroatoms. The third-order valence-electron chi connectivity index (χ3n) is 2.96. The van der Waals surface area contributed by atoms with E-state index in [9.17, 15) is 4.39 Å². The van der Waals surface area contributed by atoms with Crippen LogP contribution in [0.2, 0.25) is 0 Å². The van der Waals surface area contributed by atoms with Crippen molar-refractivity contribution < 1.29 is 4.39 Å². The van der Waals surface area contributed by atoms with Gasteiger partial charge in [0, 0.05) is 29.8 Å². The van der Waals surface area contributed by atoms with E-state index in [0.29, 0.717) is 12.0 Å². The van der Waals surface area contributed by atoms with Crippen molar-refractivity contribution in [3.05, 3.63) is 53.6 Å². The fourth-order valence-electron chi connectivity index (χ4n) is 2.09. The summed E-state index contributed by atoms with van der Waals surface area (Å²) in [6.45, 7) is 1.92. The van der Waals surface area contributed by atoms with Gasteiger partial charge in [-0.15, -0.1) is 0 Å². The van der Waals surface area contributed by atoms with Crippen molar-refractivity contribution >= 4 is 11.0 Å². The van der Waals surface area contributed by atoms with Crippen LogP contribution in [0.1, 0.15) is 16.8 Å². The van der Waals surface area contributed by atoms with E-state index in [0.717, 1.165) is 22.3 Å². The highest BCUT2D eigenvalue weighted by Crippen LogP contribution is 2.22. The van der Waals surface area contributed by atoms with Crippen LogP contribution in [0, 0.1) is 12.9 Å². The summed E-state index contributed by atoms with van der Waals surface area (Å²) in [5.74, 6) is -0.429. The van der Waals surface area contributed by atoms with Crippen LogP contribution in [0.4, 0.5) is 4.39 Å². The maximum Gasteiger partial charge on any atom is 0.216 e. The molecule has 0 spiro atoms. The molecule has 3 aromatic heterocycles. The van der Waals surface area contributed by atoms with E-state index in [2.05, 4.69) is 19.9 Å². The number of pyridine rings is 1. The van der Waals surface area contributed by atoms with Crippen LogP contribution in [0.25, 0.3) is 11.0 Å². The molecule has 0 unspecified atom stereocenters. The van der Waals surface area contributed by atoms with E-state index in [1.54, 1.807) is 12.1 Å². The maximum atomic E-state index is 13.5. The molecule has 0 fully saturated rings. The van der Waals surface area contributed by atoms with Gasteiger partial charge >= 0.3 is 0 Å². The van der Waals surface area contributed by atoms with Crippen LogP contribution in [-0.2, 0) is 6.42 Å². The minimum absolute atomic E-state index is 0.429. The van der Waals surface area contributed by atoms with E-state index in [1.807, 2.05) is 13.1 Å². The van der Waals surface area contributed by atoms with Gasteiger partial charge < -0.3 is 4.98 Å². The molecular weight excluding hydrogens is 231 g/mol. The van der Waals surface area contributed by atoms with Gasteiger partial charge in [-0.1, -0.05) is 6.07 Å². The fraction of sp³-hybridized carbons (Fsp3) is 0.154. The van der Waals surface area contributed by atoms with Crippen molar-refractivity contribution in [2.45, 2.75) is 13.3 Å². The number of aromatic nitrogens is 4. The molecular formula is C13H11FN4. The molecule has 0 bridgehead atoms. The van der Waals surface area contributed by atoms with Crippen molar-refractivity contribution in [2.75, 3.05) is 0 Å². The molecule has 4 nitrogen and oxygen atoms in total. The molecule has 0 radical (unpaired) electrons. The molecule has 0 aliphatic carbocycles. The predicted octanol–water partition coefficient (Wildman–Crippen LogP) is 2.39. The van der Waals surface area contributed by atoms with Crippen molar-refractivity contribution in [2.24, 2.45) is 0 Å². The topological polar surface area (TPSA) is 54.5 Å². The Balaban J connectivity index is 2.09. The number of fused-ring (bicyclic) bond motifs is 1. The third kappa shape index (κ3) is 1.73. The first-order chi connectivity index (χ1) is 8.75. The minimum atomic E-state index is -0.429. The number of nitrogens with one attached hydrogen (secondary N) is 1. The lowest BCUT2D eigenvalue weighted by Gasteiger charge is -2.02. The molecule has 3 aromatic rings. The quantitative estimate of drug-likeness (QED) is 0.702. The number of hydrogen-bond acceptors (Lipinski definition) is 3. The summed E-state index contributed by atoms with van der Waals surface area (Å²) >= 11 is 0. The van der Waals surface area contributed by atoms with Gasteiger partial charge in [-0.2, -0.15) is 4.39 Å². The first kappa shape index (κ1) is 10.8. The van der Waals surface area contributed by atoms with Crippen LogP contribution in [-0.4, -0.2) is 19.9 Å². The Morgan fingerprint density at radius 3 is 2.94 bits per heavy atom. The SMILES string of the molecule is Cc1ncnc2[nH]cc(Cc3cccnc3F)c12. The van der Waals surface area contributed by atoms with Gasteiger partial charge in [-0.05, 0) is 18.6 Å². The Labute approximate surface area is 103 Å². The summed E-state index contributed by atoms with van der Waals surface area (Å²) in [6.07, 6.45) is 5.29. The Morgan fingerprint density at radius 2 is 2.11 bits per heavy atom. The number of rotatable bonds is 2. The fourth-order valence-corrected chi connectivity index (χ4v) is 2.09. The summed E-state index contributed by atoms with van der Waals surface area (Å²) in [7, 11) is 0. The number of H-pyrrole nitrogens is 1. The zero-order chi connectivity index (χ0) is 12.5. The van der Waals surface area contributed by atoms with Gasteiger partial charge in [-0.25, -0.2) is 15.0 Å². The lowest BCUT2D eigenvalue weighted by Crippen LogP contribution is -1.95. The van der Waals surface area contributed by atoms with Crippen LogP contribution in [0.5, 0.6) is 0 Å². The standard InChI is InChI=1S/C13H11FN4/c1-8-11-10(6-16-13(11)18-7-17-8)5-9-3-2-4-15-12(9)14/h2-4,6-7H,5H2,1H3,(H,16,17,18). The van der Waals surface area contributed by atoms with Crippen LogP contribution < -0.4 is 0 Å². The molecule has 0 amide bonds. The monoisotopic (exact) mass is 242 g/mol. The highest BCUT2D eigenvalue weighted by molar-refractivity contribution is 5.82. The van der Waals surface area contributed by atoms with Gasteiger partial charge in [0.25, 0.3) is 0 Å². The average molecular weight is 242 g/mol. The molecule has 3 heterocycles. The molecule has 3 rings (SSSR count). The van der Waals surface area contributed by atoms with E-state index >= 15 is 0 Å². The second-order valence-electron chi connectivity index (χ2n) is 4.13. The Bertz CT molecular complexity index is 705. The first-order valence-corrected chi connectivity index (χ1v) is 5.62. The van der Waals surface area contributed by atoms with Gasteiger partial charge in [0.1, 0.15) is 12.0 Å². The highest BCUT2D eigenvalue weighted by atomic mass is 19.1. The van der Waals surface area contributed by atoms with E-state index in [-0.39, 0.29) is 0 Å². The lowest BCUT2D eigenvalue weighted by molar-refractivity contribution is 0.570. The Hall–Kier alpha value is -2.30. The number of aryl methyl sites for hydroxylation is 1. The number of aromatic amines is 1. The molecule has 0 saturated carbocycles. The largest absolute Gasteiger partial charge is 0.346 e. The summed E-state index contributed by atoms with van der Waals surface area (Å²) in [6, 6.07) is 3.47. The molecule has 0 atom stereocenters. The second kappa shape index (κ2) is 4.18. The van der Waals surface area contributed by atoms with Gasteiger partial charge in [0.2, 0.25) is 5.95 Å². The van der Waals surface area contributed by atoms with Crippen molar-refractivity contribution in [3.8, 4) is 0 Å². The zero-order valence-corrected chi connectivity index (χ0v) is 9.81. The van der Waals surface area contributed by atoms with Gasteiger partial charge in [-0.3, -0.25) is 0 Å². The number of halogens is 1. The zero-order valence-electron chi connectivity index (χ0n) is 9.81. The van der Waals surface area contributed by atoms with Crippen LogP contribution >= 0.6 is 0 Å². The Morgan fingerprint density at radius 1 is 1.22 bits per heavy atom. The van der Waals surface area contributed by atoms with Crippen LogP contribution in [0.3, 0.4) is 0 Å².